The molecule has 0 aliphatic heterocycles. The van der Waals surface area contributed by atoms with Gasteiger partial charge in [0, 0.05) is 17.6 Å². The second-order valence-corrected chi connectivity index (χ2v) is 5.65. The fraction of sp³-hybridized carbons (Fsp3) is 0.368. The second-order valence-electron chi connectivity index (χ2n) is 5.65. The van der Waals surface area contributed by atoms with E-state index in [-0.39, 0.29) is 25.4 Å². The summed E-state index contributed by atoms with van der Waals surface area (Å²) in [6.07, 6.45) is -0.344. The molecule has 0 aliphatic carbocycles. The first-order valence-corrected chi connectivity index (χ1v) is 7.84. The standard InChI is InChI=1S/C19H24O6/c1-13(2)18(21)23-10-9-15-5-7-17(8-6-15)24-11-16(20)12-25-19(22)14(3)4/h5-8,16,20H,1,3,9-12H2,2,4H3. The normalized spacial score (nSPS) is 11.3. The van der Waals surface area contributed by atoms with E-state index in [1.165, 1.54) is 6.92 Å². The van der Waals surface area contributed by atoms with Gasteiger partial charge in [0.15, 0.2) is 0 Å². The molecule has 6 heteroatoms. The van der Waals surface area contributed by atoms with Crippen molar-refractivity contribution >= 4 is 11.9 Å². The Morgan fingerprint density at radius 3 is 2.12 bits per heavy atom. The summed E-state index contributed by atoms with van der Waals surface area (Å²) in [5.41, 5.74) is 1.63. The third-order valence-corrected chi connectivity index (χ3v) is 3.09. The number of aliphatic hydroxyl groups excluding tert-OH is 1. The molecule has 136 valence electrons. The molecule has 1 N–H and O–H groups in total. The zero-order valence-corrected chi connectivity index (χ0v) is 14.6. The van der Waals surface area contributed by atoms with Crippen molar-refractivity contribution in [3.8, 4) is 5.75 Å². The highest BCUT2D eigenvalue weighted by Gasteiger charge is 2.10. The summed E-state index contributed by atoms with van der Waals surface area (Å²) < 4.78 is 15.3. The highest BCUT2D eigenvalue weighted by Crippen LogP contribution is 2.13. The molecule has 0 aliphatic rings. The Labute approximate surface area is 147 Å². The van der Waals surface area contributed by atoms with Gasteiger partial charge in [0.05, 0.1) is 6.61 Å². The summed E-state index contributed by atoms with van der Waals surface area (Å²) in [6.45, 7) is 10.2. The minimum absolute atomic E-state index is 0.000951. The van der Waals surface area contributed by atoms with E-state index in [4.69, 9.17) is 14.2 Å². The van der Waals surface area contributed by atoms with Crippen molar-refractivity contribution < 1.29 is 28.9 Å². The summed E-state index contributed by atoms with van der Waals surface area (Å²) >= 11 is 0. The van der Waals surface area contributed by atoms with Crippen LogP contribution >= 0.6 is 0 Å². The third-order valence-electron chi connectivity index (χ3n) is 3.09. The van der Waals surface area contributed by atoms with E-state index in [0.29, 0.717) is 17.7 Å². The van der Waals surface area contributed by atoms with Crippen LogP contribution in [0.25, 0.3) is 0 Å². The molecule has 0 saturated carbocycles. The summed E-state index contributed by atoms with van der Waals surface area (Å²) in [7, 11) is 0. The average Bonchev–Trinajstić information content (AvgIpc) is 2.58. The van der Waals surface area contributed by atoms with E-state index < -0.39 is 18.0 Å². The minimum atomic E-state index is -0.926. The molecule has 1 aromatic rings. The van der Waals surface area contributed by atoms with E-state index >= 15 is 0 Å². The summed E-state index contributed by atoms with van der Waals surface area (Å²) in [5.74, 6) is -0.370. The number of benzene rings is 1. The van der Waals surface area contributed by atoms with Gasteiger partial charge in [0.2, 0.25) is 0 Å². The smallest absolute Gasteiger partial charge is 0.333 e. The highest BCUT2D eigenvalue weighted by molar-refractivity contribution is 5.87. The Balaban J connectivity index is 2.32. The Morgan fingerprint density at radius 2 is 1.56 bits per heavy atom. The number of aliphatic hydroxyl groups is 1. The van der Waals surface area contributed by atoms with Crippen molar-refractivity contribution in [1.29, 1.82) is 0 Å². The van der Waals surface area contributed by atoms with Gasteiger partial charge in [0.1, 0.15) is 25.1 Å². The van der Waals surface area contributed by atoms with Gasteiger partial charge in [-0.25, -0.2) is 9.59 Å². The topological polar surface area (TPSA) is 82.1 Å². The van der Waals surface area contributed by atoms with E-state index in [1.807, 2.05) is 12.1 Å². The van der Waals surface area contributed by atoms with Crippen molar-refractivity contribution in [3.05, 3.63) is 54.1 Å². The largest absolute Gasteiger partial charge is 0.491 e. The third kappa shape index (κ3) is 8.17. The molecule has 0 heterocycles. The molecule has 0 radical (unpaired) electrons. The highest BCUT2D eigenvalue weighted by atomic mass is 16.5. The first-order chi connectivity index (χ1) is 11.8. The molecule has 0 spiro atoms. The lowest BCUT2D eigenvalue weighted by Gasteiger charge is -2.13. The maximum Gasteiger partial charge on any atom is 0.333 e. The number of carbonyl (C=O) groups is 2. The Bertz CT molecular complexity index is 617. The van der Waals surface area contributed by atoms with Gasteiger partial charge in [-0.1, -0.05) is 25.3 Å². The Hall–Kier alpha value is -2.60. The molecule has 1 atom stereocenters. The molecule has 0 fully saturated rings. The van der Waals surface area contributed by atoms with Gasteiger partial charge in [-0.05, 0) is 31.5 Å². The summed E-state index contributed by atoms with van der Waals surface area (Å²) in [6, 6.07) is 7.19. The van der Waals surface area contributed by atoms with E-state index in [9.17, 15) is 14.7 Å². The molecule has 1 rings (SSSR count). The minimum Gasteiger partial charge on any atom is -0.491 e. The van der Waals surface area contributed by atoms with Crippen molar-refractivity contribution in [2.24, 2.45) is 0 Å². The zero-order chi connectivity index (χ0) is 18.8. The Kier molecular flexibility index (Phi) is 8.43. The van der Waals surface area contributed by atoms with Gasteiger partial charge in [-0.2, -0.15) is 0 Å². The monoisotopic (exact) mass is 348 g/mol. The van der Waals surface area contributed by atoms with Gasteiger partial charge in [-0.15, -0.1) is 0 Å². The van der Waals surface area contributed by atoms with Crippen LogP contribution in [0.15, 0.2) is 48.6 Å². The molecule has 6 nitrogen and oxygen atoms in total. The van der Waals surface area contributed by atoms with Crippen molar-refractivity contribution in [2.75, 3.05) is 19.8 Å². The molecular formula is C19H24O6. The van der Waals surface area contributed by atoms with Crippen LogP contribution in [-0.4, -0.2) is 43.0 Å². The fourth-order valence-electron chi connectivity index (χ4n) is 1.67. The fourth-order valence-corrected chi connectivity index (χ4v) is 1.67. The number of carbonyl (C=O) groups excluding carboxylic acids is 2. The molecule has 0 amide bonds. The molecule has 0 aromatic heterocycles. The van der Waals surface area contributed by atoms with Crippen molar-refractivity contribution in [1.82, 2.24) is 0 Å². The molecule has 1 unspecified atom stereocenters. The lowest BCUT2D eigenvalue weighted by Crippen LogP contribution is -2.25. The van der Waals surface area contributed by atoms with Crippen molar-refractivity contribution in [3.63, 3.8) is 0 Å². The van der Waals surface area contributed by atoms with Gasteiger partial charge < -0.3 is 19.3 Å². The maximum atomic E-state index is 11.3. The maximum absolute atomic E-state index is 11.3. The molecule has 25 heavy (non-hydrogen) atoms. The van der Waals surface area contributed by atoms with Crippen LogP contribution in [0.4, 0.5) is 0 Å². The first-order valence-electron chi connectivity index (χ1n) is 7.84. The zero-order valence-electron chi connectivity index (χ0n) is 14.6. The molecule has 1 aromatic carbocycles. The van der Waals surface area contributed by atoms with E-state index in [0.717, 1.165) is 5.56 Å². The Morgan fingerprint density at radius 1 is 1.00 bits per heavy atom. The van der Waals surface area contributed by atoms with Crippen LogP contribution in [0, 0.1) is 0 Å². The summed E-state index contributed by atoms with van der Waals surface area (Å²) in [5, 5.41) is 9.72. The van der Waals surface area contributed by atoms with Crippen molar-refractivity contribution in [2.45, 2.75) is 26.4 Å². The lowest BCUT2D eigenvalue weighted by molar-refractivity contribution is -0.142. The number of hydrogen-bond donors (Lipinski definition) is 1. The SMILES string of the molecule is C=C(C)C(=O)OCCc1ccc(OCC(O)COC(=O)C(=C)C)cc1. The van der Waals surface area contributed by atoms with Gasteiger partial charge in [0.25, 0.3) is 0 Å². The van der Waals surface area contributed by atoms with E-state index in [1.54, 1.807) is 19.1 Å². The van der Waals surface area contributed by atoms with Crippen LogP contribution in [0.2, 0.25) is 0 Å². The summed E-state index contributed by atoms with van der Waals surface area (Å²) in [4.78, 5) is 22.5. The first kappa shape index (κ1) is 20.4. The number of ether oxygens (including phenoxy) is 3. The number of esters is 2. The molecule has 0 saturated heterocycles. The molecule has 0 bridgehead atoms. The quantitative estimate of drug-likeness (QED) is 0.516. The van der Waals surface area contributed by atoms with Gasteiger partial charge in [-0.3, -0.25) is 0 Å². The van der Waals surface area contributed by atoms with Crippen LogP contribution in [-0.2, 0) is 25.5 Å². The predicted molar refractivity (Wildman–Crippen MR) is 93.2 cm³/mol. The van der Waals surface area contributed by atoms with E-state index in [2.05, 4.69) is 13.2 Å². The molecular weight excluding hydrogens is 324 g/mol. The predicted octanol–water partition coefficient (Wildman–Crippen LogP) is 2.21. The van der Waals surface area contributed by atoms with Crippen LogP contribution in [0.5, 0.6) is 5.75 Å². The lowest BCUT2D eigenvalue weighted by atomic mass is 10.1. The van der Waals surface area contributed by atoms with Crippen LogP contribution in [0.1, 0.15) is 19.4 Å². The van der Waals surface area contributed by atoms with Gasteiger partial charge >= 0.3 is 11.9 Å². The number of rotatable bonds is 10. The number of hydrogen-bond acceptors (Lipinski definition) is 6. The average molecular weight is 348 g/mol. The second kappa shape index (κ2) is 10.3. The van der Waals surface area contributed by atoms with Crippen LogP contribution in [0.3, 0.4) is 0 Å². The van der Waals surface area contributed by atoms with Crippen LogP contribution < -0.4 is 4.74 Å².